The molecule has 0 bridgehead atoms. The van der Waals surface area contributed by atoms with Gasteiger partial charge in [-0.3, -0.25) is 9.59 Å². The highest BCUT2D eigenvalue weighted by Gasteiger charge is 2.21. The number of methoxy groups -OCH3 is 1. The van der Waals surface area contributed by atoms with Crippen LogP contribution in [0.1, 0.15) is 31.7 Å². The SMILES string of the molecule is CCN(CCC(=O)O)C(=O)[C@@H](C)c1ccc2cc(OC)ccc2c1. The number of hydrogen-bond donors (Lipinski definition) is 1. The zero-order valence-electron chi connectivity index (χ0n) is 14.3. The number of benzene rings is 2. The molecular weight excluding hydrogens is 306 g/mol. The summed E-state index contributed by atoms with van der Waals surface area (Å²) in [6.45, 7) is 4.45. The Kier molecular flexibility index (Phi) is 5.79. The molecule has 0 saturated heterocycles. The number of fused-ring (bicyclic) bond motifs is 1. The number of aliphatic carboxylic acids is 1. The number of carbonyl (C=O) groups excluding carboxylic acids is 1. The van der Waals surface area contributed by atoms with Gasteiger partial charge in [0.25, 0.3) is 0 Å². The molecule has 0 fully saturated rings. The summed E-state index contributed by atoms with van der Waals surface area (Å²) in [7, 11) is 1.63. The molecule has 0 heterocycles. The molecule has 24 heavy (non-hydrogen) atoms. The first kappa shape index (κ1) is 17.8. The van der Waals surface area contributed by atoms with Crippen LogP contribution in [-0.4, -0.2) is 42.1 Å². The fraction of sp³-hybridized carbons (Fsp3) is 0.368. The maximum absolute atomic E-state index is 12.6. The van der Waals surface area contributed by atoms with Crippen molar-refractivity contribution in [1.29, 1.82) is 0 Å². The van der Waals surface area contributed by atoms with Crippen LogP contribution in [0.15, 0.2) is 36.4 Å². The maximum Gasteiger partial charge on any atom is 0.305 e. The molecular formula is C19H23NO4. The summed E-state index contributed by atoms with van der Waals surface area (Å²) < 4.78 is 5.22. The van der Waals surface area contributed by atoms with Gasteiger partial charge in [0.1, 0.15) is 5.75 Å². The first-order valence-electron chi connectivity index (χ1n) is 8.04. The highest BCUT2D eigenvalue weighted by atomic mass is 16.5. The average molecular weight is 329 g/mol. The Hall–Kier alpha value is -2.56. The lowest BCUT2D eigenvalue weighted by atomic mass is 9.96. The average Bonchev–Trinajstić information content (AvgIpc) is 2.60. The fourth-order valence-electron chi connectivity index (χ4n) is 2.71. The number of likely N-dealkylation sites (N-methyl/N-ethyl adjacent to an activating group) is 1. The number of carboxylic acid groups (broad SMARTS) is 1. The van der Waals surface area contributed by atoms with Crippen molar-refractivity contribution in [3.8, 4) is 5.75 Å². The lowest BCUT2D eigenvalue weighted by Crippen LogP contribution is -2.35. The van der Waals surface area contributed by atoms with Crippen LogP contribution in [-0.2, 0) is 9.59 Å². The number of nitrogens with zero attached hydrogens (tertiary/aromatic N) is 1. The van der Waals surface area contributed by atoms with E-state index in [0.29, 0.717) is 6.54 Å². The minimum Gasteiger partial charge on any atom is -0.497 e. The van der Waals surface area contributed by atoms with Gasteiger partial charge in [-0.2, -0.15) is 0 Å². The molecule has 0 aliphatic heterocycles. The van der Waals surface area contributed by atoms with E-state index in [0.717, 1.165) is 22.1 Å². The van der Waals surface area contributed by atoms with Gasteiger partial charge in [-0.1, -0.05) is 24.3 Å². The molecule has 1 amide bonds. The second kappa shape index (κ2) is 7.81. The van der Waals surface area contributed by atoms with E-state index in [2.05, 4.69) is 0 Å². The smallest absolute Gasteiger partial charge is 0.305 e. The van der Waals surface area contributed by atoms with Crippen LogP contribution in [0.4, 0.5) is 0 Å². The minimum atomic E-state index is -0.895. The molecule has 5 nitrogen and oxygen atoms in total. The molecule has 0 aliphatic carbocycles. The number of rotatable bonds is 7. The normalized spacial score (nSPS) is 12.0. The number of amides is 1. The third kappa shape index (κ3) is 4.04. The summed E-state index contributed by atoms with van der Waals surface area (Å²) in [5, 5.41) is 10.9. The van der Waals surface area contributed by atoms with E-state index in [9.17, 15) is 9.59 Å². The van der Waals surface area contributed by atoms with Crippen molar-refractivity contribution in [2.75, 3.05) is 20.2 Å². The van der Waals surface area contributed by atoms with Crippen molar-refractivity contribution in [1.82, 2.24) is 4.90 Å². The number of carbonyl (C=O) groups is 2. The zero-order valence-corrected chi connectivity index (χ0v) is 14.3. The number of hydrogen-bond acceptors (Lipinski definition) is 3. The molecule has 0 aliphatic rings. The van der Waals surface area contributed by atoms with Gasteiger partial charge in [0.2, 0.25) is 5.91 Å². The molecule has 2 aromatic rings. The van der Waals surface area contributed by atoms with Crippen LogP contribution in [0.25, 0.3) is 10.8 Å². The molecule has 0 aromatic heterocycles. The van der Waals surface area contributed by atoms with Crippen LogP contribution in [0.5, 0.6) is 5.75 Å². The van der Waals surface area contributed by atoms with E-state index >= 15 is 0 Å². The molecule has 0 unspecified atom stereocenters. The molecule has 1 atom stereocenters. The number of carboxylic acids is 1. The number of ether oxygens (including phenoxy) is 1. The molecule has 1 N–H and O–H groups in total. The van der Waals surface area contributed by atoms with Crippen molar-refractivity contribution in [3.05, 3.63) is 42.0 Å². The summed E-state index contributed by atoms with van der Waals surface area (Å²) >= 11 is 0. The Morgan fingerprint density at radius 1 is 1.17 bits per heavy atom. The molecule has 0 spiro atoms. The van der Waals surface area contributed by atoms with Crippen LogP contribution in [0.2, 0.25) is 0 Å². The Bertz CT molecular complexity index is 741. The third-order valence-electron chi connectivity index (χ3n) is 4.23. The van der Waals surface area contributed by atoms with Crippen molar-refractivity contribution < 1.29 is 19.4 Å². The quantitative estimate of drug-likeness (QED) is 0.846. The van der Waals surface area contributed by atoms with Gasteiger partial charge >= 0.3 is 5.97 Å². The largest absolute Gasteiger partial charge is 0.497 e. The van der Waals surface area contributed by atoms with Gasteiger partial charge in [-0.05, 0) is 42.3 Å². The van der Waals surface area contributed by atoms with E-state index in [1.165, 1.54) is 0 Å². The van der Waals surface area contributed by atoms with Gasteiger partial charge < -0.3 is 14.7 Å². The first-order valence-corrected chi connectivity index (χ1v) is 8.04. The van der Waals surface area contributed by atoms with Crippen LogP contribution in [0.3, 0.4) is 0 Å². The molecule has 5 heteroatoms. The Morgan fingerprint density at radius 3 is 2.46 bits per heavy atom. The highest BCUT2D eigenvalue weighted by Crippen LogP contribution is 2.26. The standard InChI is InChI=1S/C19H23NO4/c1-4-20(10-9-18(21)22)19(23)13(2)14-5-6-16-12-17(24-3)8-7-15(16)11-14/h5-8,11-13H,4,9-10H2,1-3H3,(H,21,22)/t13-/m0/s1. The van der Waals surface area contributed by atoms with Crippen LogP contribution < -0.4 is 4.74 Å². The summed E-state index contributed by atoms with van der Waals surface area (Å²) in [5.74, 6) is -0.462. The monoisotopic (exact) mass is 329 g/mol. The predicted octanol–water partition coefficient (Wildman–Crippen LogP) is 3.28. The molecule has 2 aromatic carbocycles. The highest BCUT2D eigenvalue weighted by molar-refractivity contribution is 5.88. The van der Waals surface area contributed by atoms with E-state index in [-0.39, 0.29) is 24.8 Å². The van der Waals surface area contributed by atoms with E-state index in [1.54, 1.807) is 12.0 Å². The van der Waals surface area contributed by atoms with Gasteiger partial charge in [0.15, 0.2) is 0 Å². The Morgan fingerprint density at radius 2 is 1.83 bits per heavy atom. The molecule has 2 rings (SSSR count). The second-order valence-corrected chi connectivity index (χ2v) is 5.76. The minimum absolute atomic E-state index is 0.0379. The van der Waals surface area contributed by atoms with Crippen molar-refractivity contribution in [2.45, 2.75) is 26.2 Å². The van der Waals surface area contributed by atoms with Crippen LogP contribution >= 0.6 is 0 Å². The van der Waals surface area contributed by atoms with Crippen molar-refractivity contribution >= 4 is 22.6 Å². The van der Waals surface area contributed by atoms with Gasteiger partial charge in [-0.15, -0.1) is 0 Å². The van der Waals surface area contributed by atoms with Gasteiger partial charge in [0, 0.05) is 13.1 Å². The summed E-state index contributed by atoms with van der Waals surface area (Å²) in [4.78, 5) is 25.0. The topological polar surface area (TPSA) is 66.8 Å². The molecule has 0 saturated carbocycles. The van der Waals surface area contributed by atoms with E-state index in [1.807, 2.05) is 50.2 Å². The Balaban J connectivity index is 2.21. The summed E-state index contributed by atoms with van der Waals surface area (Å²) in [6, 6.07) is 11.7. The lowest BCUT2D eigenvalue weighted by Gasteiger charge is -2.24. The van der Waals surface area contributed by atoms with E-state index < -0.39 is 5.97 Å². The second-order valence-electron chi connectivity index (χ2n) is 5.76. The predicted molar refractivity (Wildman–Crippen MR) is 93.4 cm³/mol. The lowest BCUT2D eigenvalue weighted by molar-refractivity contribution is -0.138. The van der Waals surface area contributed by atoms with Gasteiger partial charge in [0.05, 0.1) is 19.4 Å². The van der Waals surface area contributed by atoms with Crippen LogP contribution in [0, 0.1) is 0 Å². The van der Waals surface area contributed by atoms with Crippen molar-refractivity contribution in [3.63, 3.8) is 0 Å². The zero-order chi connectivity index (χ0) is 17.7. The summed E-state index contributed by atoms with van der Waals surface area (Å²) in [6.07, 6.45) is -0.0379. The summed E-state index contributed by atoms with van der Waals surface area (Å²) in [5.41, 5.74) is 0.923. The molecule has 0 radical (unpaired) electrons. The Labute approximate surface area is 141 Å². The van der Waals surface area contributed by atoms with E-state index in [4.69, 9.17) is 9.84 Å². The van der Waals surface area contributed by atoms with Crippen molar-refractivity contribution in [2.24, 2.45) is 0 Å². The maximum atomic E-state index is 12.6. The van der Waals surface area contributed by atoms with Gasteiger partial charge in [-0.25, -0.2) is 0 Å². The molecule has 128 valence electrons. The third-order valence-corrected chi connectivity index (χ3v) is 4.23. The first-order chi connectivity index (χ1) is 11.5. The fourth-order valence-corrected chi connectivity index (χ4v) is 2.71.